The number of nitrogens with one attached hydrogen (secondary N) is 1. The Bertz CT molecular complexity index is 879. The molecule has 1 aliphatic carbocycles. The van der Waals surface area contributed by atoms with Crippen LogP contribution in [0, 0.1) is 0 Å². The number of aliphatic hydroxyl groups is 1. The number of anilines is 1. The van der Waals surface area contributed by atoms with Gasteiger partial charge in [-0.05, 0) is 37.3 Å². The van der Waals surface area contributed by atoms with Crippen LogP contribution in [0.3, 0.4) is 0 Å². The number of nitrogens with zero attached hydrogens (tertiary/aromatic N) is 2. The van der Waals surface area contributed by atoms with Crippen LogP contribution in [0.1, 0.15) is 29.3 Å². The van der Waals surface area contributed by atoms with Crippen LogP contribution in [0.5, 0.6) is 0 Å². The number of benzene rings is 1. The SMILES string of the molecule is C[C@@H](CO)Nc1nc(SCc2ccccc2)nc2sc3c(c12)CCC3. The molecule has 0 saturated carbocycles. The number of thioether (sulfide) groups is 1. The van der Waals surface area contributed by atoms with Gasteiger partial charge < -0.3 is 10.4 Å². The highest BCUT2D eigenvalue weighted by Gasteiger charge is 2.23. The van der Waals surface area contributed by atoms with E-state index in [2.05, 4.69) is 29.6 Å². The molecule has 0 saturated heterocycles. The molecule has 3 aromatic rings. The Labute approximate surface area is 155 Å². The third-order valence-electron chi connectivity index (χ3n) is 4.41. The molecule has 130 valence electrons. The van der Waals surface area contributed by atoms with E-state index < -0.39 is 0 Å². The molecule has 0 fully saturated rings. The van der Waals surface area contributed by atoms with E-state index in [1.54, 1.807) is 23.1 Å². The minimum Gasteiger partial charge on any atom is -0.394 e. The summed E-state index contributed by atoms with van der Waals surface area (Å²) >= 11 is 3.46. The maximum Gasteiger partial charge on any atom is 0.191 e. The van der Waals surface area contributed by atoms with Crippen molar-refractivity contribution in [3.05, 3.63) is 46.3 Å². The number of fused-ring (bicyclic) bond motifs is 3. The Balaban J connectivity index is 1.68. The third kappa shape index (κ3) is 3.52. The largest absolute Gasteiger partial charge is 0.394 e. The van der Waals surface area contributed by atoms with Crippen molar-refractivity contribution in [3.8, 4) is 0 Å². The second-order valence-corrected chi connectivity index (χ2v) is 8.42. The fourth-order valence-corrected chi connectivity index (χ4v) is 5.27. The van der Waals surface area contributed by atoms with Crippen molar-refractivity contribution in [1.82, 2.24) is 9.97 Å². The molecule has 0 radical (unpaired) electrons. The van der Waals surface area contributed by atoms with E-state index in [1.165, 1.54) is 27.8 Å². The first-order valence-corrected chi connectivity index (χ1v) is 10.4. The van der Waals surface area contributed by atoms with Gasteiger partial charge in [0, 0.05) is 16.7 Å². The Kier molecular flexibility index (Phi) is 4.92. The highest BCUT2D eigenvalue weighted by atomic mass is 32.2. The summed E-state index contributed by atoms with van der Waals surface area (Å²) in [5, 5.41) is 14.8. The molecule has 1 aromatic carbocycles. The third-order valence-corrected chi connectivity index (χ3v) is 6.52. The molecule has 0 amide bonds. The van der Waals surface area contributed by atoms with Gasteiger partial charge in [-0.3, -0.25) is 0 Å². The van der Waals surface area contributed by atoms with Crippen molar-refractivity contribution < 1.29 is 5.11 Å². The average Bonchev–Trinajstić information content (AvgIpc) is 3.21. The minimum absolute atomic E-state index is 0.0259. The van der Waals surface area contributed by atoms with Crippen LogP contribution in [0.25, 0.3) is 10.2 Å². The molecule has 6 heteroatoms. The number of thiophene rings is 1. The standard InChI is InChI=1S/C19H21N3OS2/c1-12(10-23)20-17-16-14-8-5-9-15(14)25-18(16)22-19(21-17)24-11-13-6-3-2-4-7-13/h2-4,6-7,12,23H,5,8-11H2,1H3,(H,20,21,22)/t12-/m0/s1. The first-order chi connectivity index (χ1) is 12.2. The summed E-state index contributed by atoms with van der Waals surface area (Å²) in [5.41, 5.74) is 2.68. The van der Waals surface area contributed by atoms with E-state index in [0.717, 1.165) is 34.4 Å². The molecule has 0 aliphatic heterocycles. The lowest BCUT2D eigenvalue weighted by atomic mass is 10.2. The van der Waals surface area contributed by atoms with Crippen LogP contribution in [0.15, 0.2) is 35.5 Å². The smallest absolute Gasteiger partial charge is 0.191 e. The summed E-state index contributed by atoms with van der Waals surface area (Å²) in [7, 11) is 0. The monoisotopic (exact) mass is 371 g/mol. The first kappa shape index (κ1) is 16.8. The predicted molar refractivity (Wildman–Crippen MR) is 106 cm³/mol. The molecule has 1 atom stereocenters. The van der Waals surface area contributed by atoms with E-state index in [4.69, 9.17) is 9.97 Å². The molecule has 2 N–H and O–H groups in total. The van der Waals surface area contributed by atoms with Gasteiger partial charge in [-0.15, -0.1) is 11.3 Å². The Morgan fingerprint density at radius 1 is 1.24 bits per heavy atom. The zero-order chi connectivity index (χ0) is 17.2. The highest BCUT2D eigenvalue weighted by Crippen LogP contribution is 2.40. The van der Waals surface area contributed by atoms with Gasteiger partial charge in [0.2, 0.25) is 0 Å². The van der Waals surface area contributed by atoms with Gasteiger partial charge >= 0.3 is 0 Å². The Morgan fingerprint density at radius 3 is 2.88 bits per heavy atom. The molecule has 0 unspecified atom stereocenters. The Hall–Kier alpha value is -1.63. The van der Waals surface area contributed by atoms with Gasteiger partial charge in [0.25, 0.3) is 0 Å². The fraction of sp³-hybridized carbons (Fsp3) is 0.368. The second-order valence-electron chi connectivity index (χ2n) is 6.39. The second kappa shape index (κ2) is 7.32. The molecule has 4 nitrogen and oxygen atoms in total. The molecular weight excluding hydrogens is 350 g/mol. The minimum atomic E-state index is -0.0259. The number of aryl methyl sites for hydroxylation is 2. The number of hydrogen-bond donors (Lipinski definition) is 2. The van der Waals surface area contributed by atoms with Gasteiger partial charge in [0.05, 0.1) is 12.0 Å². The molecule has 2 heterocycles. The van der Waals surface area contributed by atoms with Crippen LogP contribution in [0.2, 0.25) is 0 Å². The summed E-state index contributed by atoms with van der Waals surface area (Å²) in [6.07, 6.45) is 3.48. The summed E-state index contributed by atoms with van der Waals surface area (Å²) < 4.78 is 0. The van der Waals surface area contributed by atoms with E-state index in [0.29, 0.717) is 0 Å². The van der Waals surface area contributed by atoms with Crippen LogP contribution < -0.4 is 5.32 Å². The van der Waals surface area contributed by atoms with Gasteiger partial charge in [-0.2, -0.15) is 0 Å². The molecule has 0 bridgehead atoms. The van der Waals surface area contributed by atoms with E-state index in [1.807, 2.05) is 13.0 Å². The number of aliphatic hydroxyl groups excluding tert-OH is 1. The summed E-state index contributed by atoms with van der Waals surface area (Å²) in [6, 6.07) is 10.4. The summed E-state index contributed by atoms with van der Waals surface area (Å²) in [6.45, 7) is 2.06. The van der Waals surface area contributed by atoms with Crippen molar-refractivity contribution in [3.63, 3.8) is 0 Å². The van der Waals surface area contributed by atoms with Gasteiger partial charge in [-0.25, -0.2) is 9.97 Å². The van der Waals surface area contributed by atoms with Crippen LogP contribution >= 0.6 is 23.1 Å². The van der Waals surface area contributed by atoms with Crippen molar-refractivity contribution in [2.24, 2.45) is 0 Å². The lowest BCUT2D eigenvalue weighted by Gasteiger charge is -2.14. The fourth-order valence-electron chi connectivity index (χ4n) is 3.15. The first-order valence-electron chi connectivity index (χ1n) is 8.61. The molecule has 0 spiro atoms. The topological polar surface area (TPSA) is 58.0 Å². The highest BCUT2D eigenvalue weighted by molar-refractivity contribution is 7.98. The lowest BCUT2D eigenvalue weighted by molar-refractivity contribution is 0.281. The zero-order valence-corrected chi connectivity index (χ0v) is 15.8. The van der Waals surface area contributed by atoms with E-state index >= 15 is 0 Å². The van der Waals surface area contributed by atoms with Crippen molar-refractivity contribution >= 4 is 39.1 Å². The van der Waals surface area contributed by atoms with Crippen LogP contribution in [0.4, 0.5) is 5.82 Å². The number of rotatable bonds is 6. The lowest BCUT2D eigenvalue weighted by Crippen LogP contribution is -2.20. The average molecular weight is 372 g/mol. The van der Waals surface area contributed by atoms with Crippen LogP contribution in [-0.4, -0.2) is 27.7 Å². The quantitative estimate of drug-likeness (QED) is 0.501. The number of hydrogen-bond acceptors (Lipinski definition) is 6. The van der Waals surface area contributed by atoms with Crippen molar-refractivity contribution in [2.75, 3.05) is 11.9 Å². The molecular formula is C19H21N3OS2. The zero-order valence-electron chi connectivity index (χ0n) is 14.2. The number of aromatic nitrogens is 2. The maximum absolute atomic E-state index is 9.43. The Morgan fingerprint density at radius 2 is 2.08 bits per heavy atom. The normalized spacial score (nSPS) is 14.6. The van der Waals surface area contributed by atoms with E-state index in [9.17, 15) is 5.11 Å². The van der Waals surface area contributed by atoms with E-state index in [-0.39, 0.29) is 12.6 Å². The summed E-state index contributed by atoms with van der Waals surface area (Å²) in [4.78, 5) is 12.1. The maximum atomic E-state index is 9.43. The van der Waals surface area contributed by atoms with Gasteiger partial charge in [-0.1, -0.05) is 42.1 Å². The van der Waals surface area contributed by atoms with Gasteiger partial charge in [0.1, 0.15) is 10.6 Å². The molecule has 4 rings (SSSR count). The predicted octanol–water partition coefficient (Wildman–Crippen LogP) is 4.27. The van der Waals surface area contributed by atoms with Crippen molar-refractivity contribution in [1.29, 1.82) is 0 Å². The molecule has 1 aliphatic rings. The molecule has 2 aromatic heterocycles. The summed E-state index contributed by atoms with van der Waals surface area (Å²) in [5.74, 6) is 1.73. The van der Waals surface area contributed by atoms with Crippen LogP contribution in [-0.2, 0) is 18.6 Å². The van der Waals surface area contributed by atoms with Gasteiger partial charge in [0.15, 0.2) is 5.16 Å². The van der Waals surface area contributed by atoms with Crippen molar-refractivity contribution in [2.45, 2.75) is 43.1 Å². The molecule has 25 heavy (non-hydrogen) atoms.